The zero-order valence-electron chi connectivity index (χ0n) is 16.6. The SMILES string of the molecule is CNc1nccn2c(-c3ccc(C(=O)NCCCN4CCOCC4)cc3)cnc12. The topological polar surface area (TPSA) is 83.8 Å². The molecule has 2 aromatic heterocycles. The van der Waals surface area contributed by atoms with E-state index in [4.69, 9.17) is 4.74 Å². The molecule has 2 N–H and O–H groups in total. The number of rotatable bonds is 7. The molecule has 1 aliphatic rings. The molecule has 3 aromatic rings. The Morgan fingerprint density at radius 2 is 1.97 bits per heavy atom. The maximum absolute atomic E-state index is 12.4. The average Bonchev–Trinajstić information content (AvgIpc) is 3.22. The summed E-state index contributed by atoms with van der Waals surface area (Å²) in [6.45, 7) is 5.22. The number of amides is 1. The molecule has 0 bridgehead atoms. The van der Waals surface area contributed by atoms with Gasteiger partial charge in [-0.15, -0.1) is 0 Å². The molecule has 1 saturated heterocycles. The Balaban J connectivity index is 1.36. The molecule has 0 spiro atoms. The zero-order valence-corrected chi connectivity index (χ0v) is 16.6. The van der Waals surface area contributed by atoms with Crippen molar-refractivity contribution in [3.63, 3.8) is 0 Å². The summed E-state index contributed by atoms with van der Waals surface area (Å²) < 4.78 is 7.34. The van der Waals surface area contributed by atoms with Crippen LogP contribution in [0.5, 0.6) is 0 Å². The number of morpholine rings is 1. The molecule has 4 rings (SSSR count). The van der Waals surface area contributed by atoms with E-state index in [1.807, 2.05) is 48.1 Å². The molecule has 3 heterocycles. The molecule has 1 fully saturated rings. The Morgan fingerprint density at radius 3 is 2.72 bits per heavy atom. The van der Waals surface area contributed by atoms with Gasteiger partial charge in [0.2, 0.25) is 0 Å². The number of nitrogens with one attached hydrogen (secondary N) is 2. The van der Waals surface area contributed by atoms with Crippen LogP contribution < -0.4 is 10.6 Å². The third-order valence-electron chi connectivity index (χ3n) is 5.15. The van der Waals surface area contributed by atoms with Gasteiger partial charge in [0.15, 0.2) is 11.5 Å². The number of aromatic nitrogens is 3. The van der Waals surface area contributed by atoms with E-state index in [0.717, 1.165) is 62.0 Å². The van der Waals surface area contributed by atoms with Crippen molar-refractivity contribution >= 4 is 17.4 Å². The summed E-state index contributed by atoms with van der Waals surface area (Å²) in [6, 6.07) is 7.61. The summed E-state index contributed by atoms with van der Waals surface area (Å²) in [5.74, 6) is 0.685. The average molecular weight is 394 g/mol. The summed E-state index contributed by atoms with van der Waals surface area (Å²) in [5.41, 5.74) is 3.38. The molecule has 1 aromatic carbocycles. The van der Waals surface area contributed by atoms with E-state index >= 15 is 0 Å². The molecule has 29 heavy (non-hydrogen) atoms. The van der Waals surface area contributed by atoms with Gasteiger partial charge in [0.1, 0.15) is 0 Å². The molecule has 0 aliphatic carbocycles. The number of anilines is 1. The van der Waals surface area contributed by atoms with Crippen molar-refractivity contribution in [1.82, 2.24) is 24.6 Å². The smallest absolute Gasteiger partial charge is 0.251 e. The van der Waals surface area contributed by atoms with Crippen molar-refractivity contribution in [2.45, 2.75) is 6.42 Å². The highest BCUT2D eigenvalue weighted by molar-refractivity contribution is 5.94. The van der Waals surface area contributed by atoms with Crippen LogP contribution >= 0.6 is 0 Å². The van der Waals surface area contributed by atoms with Gasteiger partial charge >= 0.3 is 0 Å². The van der Waals surface area contributed by atoms with Gasteiger partial charge in [-0.25, -0.2) is 9.97 Å². The summed E-state index contributed by atoms with van der Waals surface area (Å²) in [7, 11) is 1.82. The third-order valence-corrected chi connectivity index (χ3v) is 5.15. The van der Waals surface area contributed by atoms with Crippen LogP contribution in [0.1, 0.15) is 16.8 Å². The molecule has 152 valence electrons. The van der Waals surface area contributed by atoms with Crippen molar-refractivity contribution in [1.29, 1.82) is 0 Å². The molecule has 0 saturated carbocycles. The van der Waals surface area contributed by atoms with Gasteiger partial charge in [-0.2, -0.15) is 0 Å². The number of hydrogen-bond donors (Lipinski definition) is 2. The fourth-order valence-corrected chi connectivity index (χ4v) is 3.53. The highest BCUT2D eigenvalue weighted by Gasteiger charge is 2.12. The highest BCUT2D eigenvalue weighted by atomic mass is 16.5. The largest absolute Gasteiger partial charge is 0.379 e. The van der Waals surface area contributed by atoms with Crippen LogP contribution in [0.15, 0.2) is 42.9 Å². The molecule has 8 heteroatoms. The van der Waals surface area contributed by atoms with E-state index in [9.17, 15) is 4.79 Å². The quantitative estimate of drug-likeness (QED) is 0.596. The van der Waals surface area contributed by atoms with Gasteiger partial charge < -0.3 is 15.4 Å². The second-order valence-corrected chi connectivity index (χ2v) is 7.00. The first-order valence-corrected chi connectivity index (χ1v) is 9.95. The molecule has 0 radical (unpaired) electrons. The maximum Gasteiger partial charge on any atom is 0.251 e. The lowest BCUT2D eigenvalue weighted by molar-refractivity contribution is 0.0374. The second-order valence-electron chi connectivity index (χ2n) is 7.00. The zero-order chi connectivity index (χ0) is 20.1. The van der Waals surface area contributed by atoms with Crippen molar-refractivity contribution < 1.29 is 9.53 Å². The van der Waals surface area contributed by atoms with E-state index in [1.165, 1.54) is 0 Å². The maximum atomic E-state index is 12.4. The Morgan fingerprint density at radius 1 is 1.17 bits per heavy atom. The predicted octanol–water partition coefficient (Wildman–Crippen LogP) is 1.89. The van der Waals surface area contributed by atoms with E-state index in [0.29, 0.717) is 12.1 Å². The first kappa shape index (κ1) is 19.4. The molecular weight excluding hydrogens is 368 g/mol. The van der Waals surface area contributed by atoms with Crippen LogP contribution in [0, 0.1) is 0 Å². The van der Waals surface area contributed by atoms with Crippen molar-refractivity contribution in [2.24, 2.45) is 0 Å². The van der Waals surface area contributed by atoms with E-state index in [2.05, 4.69) is 25.5 Å². The van der Waals surface area contributed by atoms with Crippen LogP contribution in [0.3, 0.4) is 0 Å². The van der Waals surface area contributed by atoms with Crippen LogP contribution in [0.2, 0.25) is 0 Å². The number of ether oxygens (including phenoxy) is 1. The highest BCUT2D eigenvalue weighted by Crippen LogP contribution is 2.23. The fourth-order valence-electron chi connectivity index (χ4n) is 3.53. The number of imidazole rings is 1. The lowest BCUT2D eigenvalue weighted by Crippen LogP contribution is -2.38. The van der Waals surface area contributed by atoms with Gasteiger partial charge in [0, 0.05) is 50.2 Å². The monoisotopic (exact) mass is 394 g/mol. The molecule has 0 atom stereocenters. The van der Waals surface area contributed by atoms with E-state index < -0.39 is 0 Å². The number of benzene rings is 1. The lowest BCUT2D eigenvalue weighted by atomic mass is 10.1. The van der Waals surface area contributed by atoms with Crippen molar-refractivity contribution in [2.75, 3.05) is 51.8 Å². The van der Waals surface area contributed by atoms with Crippen LogP contribution in [-0.2, 0) is 4.74 Å². The third kappa shape index (κ3) is 4.38. The Labute approximate surface area is 169 Å². The summed E-state index contributed by atoms with van der Waals surface area (Å²) in [4.78, 5) is 23.5. The molecule has 1 amide bonds. The van der Waals surface area contributed by atoms with Crippen LogP contribution in [0.4, 0.5) is 5.82 Å². The molecular formula is C21H26N6O2. The standard InChI is InChI=1S/C21H26N6O2/c1-22-19-20-25-15-18(27(20)10-8-23-19)16-3-5-17(6-4-16)21(28)24-7-2-9-26-11-13-29-14-12-26/h3-6,8,10,15H,2,7,9,11-14H2,1H3,(H,22,23)(H,24,28). The number of nitrogens with zero attached hydrogens (tertiary/aromatic N) is 4. The Hall–Kier alpha value is -2.97. The van der Waals surface area contributed by atoms with Gasteiger partial charge in [0.05, 0.1) is 25.1 Å². The second kappa shape index (κ2) is 9.02. The van der Waals surface area contributed by atoms with Gasteiger partial charge in [0.25, 0.3) is 5.91 Å². The van der Waals surface area contributed by atoms with Crippen molar-refractivity contribution in [3.05, 3.63) is 48.4 Å². The summed E-state index contributed by atoms with van der Waals surface area (Å²) in [6.07, 6.45) is 6.38. The van der Waals surface area contributed by atoms with Gasteiger partial charge in [-0.3, -0.25) is 14.1 Å². The van der Waals surface area contributed by atoms with Crippen LogP contribution in [0.25, 0.3) is 16.9 Å². The lowest BCUT2D eigenvalue weighted by Gasteiger charge is -2.26. The number of fused-ring (bicyclic) bond motifs is 1. The number of hydrogen-bond acceptors (Lipinski definition) is 6. The number of carbonyl (C=O) groups excluding carboxylic acids is 1. The Bertz CT molecular complexity index is 963. The predicted molar refractivity (Wildman–Crippen MR) is 112 cm³/mol. The minimum absolute atomic E-state index is 0.0432. The van der Waals surface area contributed by atoms with Crippen molar-refractivity contribution in [3.8, 4) is 11.3 Å². The van der Waals surface area contributed by atoms with E-state index in [-0.39, 0.29) is 5.91 Å². The normalized spacial score (nSPS) is 14.8. The molecule has 1 aliphatic heterocycles. The minimum Gasteiger partial charge on any atom is -0.379 e. The molecule has 8 nitrogen and oxygen atoms in total. The van der Waals surface area contributed by atoms with E-state index in [1.54, 1.807) is 6.20 Å². The molecule has 0 unspecified atom stereocenters. The summed E-state index contributed by atoms with van der Waals surface area (Å²) >= 11 is 0. The van der Waals surface area contributed by atoms with Gasteiger partial charge in [-0.05, 0) is 25.1 Å². The number of carbonyl (C=O) groups is 1. The van der Waals surface area contributed by atoms with Crippen LogP contribution in [-0.4, -0.2) is 71.6 Å². The minimum atomic E-state index is -0.0432. The van der Waals surface area contributed by atoms with Gasteiger partial charge in [-0.1, -0.05) is 12.1 Å². The first-order valence-electron chi connectivity index (χ1n) is 9.95. The fraction of sp³-hybridized carbons (Fsp3) is 0.381. The Kier molecular flexibility index (Phi) is 6.02. The summed E-state index contributed by atoms with van der Waals surface area (Å²) in [5, 5.41) is 6.05. The first-order chi connectivity index (χ1) is 14.3.